The molecule has 5 nitrogen and oxygen atoms in total. The molecule has 1 aliphatic heterocycles. The molecule has 0 saturated carbocycles. The number of nitrogens with zero attached hydrogens (tertiary/aromatic N) is 1. The van der Waals surface area contributed by atoms with Crippen LogP contribution in [0.1, 0.15) is 13.8 Å². The summed E-state index contributed by atoms with van der Waals surface area (Å²) in [6.07, 6.45) is 0.399. The summed E-state index contributed by atoms with van der Waals surface area (Å²) in [5.74, 6) is 0.195. The molecule has 7 heteroatoms. The van der Waals surface area contributed by atoms with Gasteiger partial charge < -0.3 is 19.7 Å². The van der Waals surface area contributed by atoms with Crippen LogP contribution >= 0.6 is 23.2 Å². The van der Waals surface area contributed by atoms with Crippen LogP contribution < -0.4 is 15.0 Å². The zero-order chi connectivity index (χ0) is 19.4. The molecule has 1 N–H and O–H groups in total. The largest absolute Gasteiger partial charge is 0.484 e. The molecule has 2 atom stereocenters. The fraction of sp³-hybridized carbons (Fsp3) is 0.350. The molecule has 0 spiro atoms. The second-order valence-electron chi connectivity index (χ2n) is 6.65. The van der Waals surface area contributed by atoms with E-state index >= 15 is 0 Å². The lowest BCUT2D eigenvalue weighted by Gasteiger charge is -2.36. The van der Waals surface area contributed by atoms with E-state index in [1.807, 2.05) is 24.3 Å². The van der Waals surface area contributed by atoms with Gasteiger partial charge in [0, 0.05) is 34.5 Å². The maximum absolute atomic E-state index is 12.1. The highest BCUT2D eigenvalue weighted by atomic mass is 35.5. The van der Waals surface area contributed by atoms with Crippen molar-refractivity contribution in [2.24, 2.45) is 0 Å². The number of amides is 1. The lowest BCUT2D eigenvalue weighted by atomic mass is 10.2. The Morgan fingerprint density at radius 1 is 1.11 bits per heavy atom. The zero-order valence-electron chi connectivity index (χ0n) is 15.2. The number of ether oxygens (including phenoxy) is 2. The van der Waals surface area contributed by atoms with Crippen molar-refractivity contribution in [2.75, 3.05) is 29.9 Å². The maximum Gasteiger partial charge on any atom is 0.262 e. The number of anilines is 2. The summed E-state index contributed by atoms with van der Waals surface area (Å²) in [5.41, 5.74) is 1.82. The van der Waals surface area contributed by atoms with Gasteiger partial charge in [0.25, 0.3) is 5.91 Å². The molecule has 0 radical (unpaired) electrons. The Bertz CT molecular complexity index is 768. The molecule has 3 rings (SSSR count). The third-order valence-corrected chi connectivity index (χ3v) is 4.58. The van der Waals surface area contributed by atoms with Crippen LogP contribution in [0.3, 0.4) is 0 Å². The van der Waals surface area contributed by atoms with Gasteiger partial charge in [-0.3, -0.25) is 4.79 Å². The maximum atomic E-state index is 12.1. The monoisotopic (exact) mass is 408 g/mol. The van der Waals surface area contributed by atoms with Crippen LogP contribution in [0.4, 0.5) is 11.4 Å². The number of benzene rings is 2. The number of rotatable bonds is 5. The summed E-state index contributed by atoms with van der Waals surface area (Å²) in [4.78, 5) is 14.4. The minimum absolute atomic E-state index is 0.128. The van der Waals surface area contributed by atoms with E-state index < -0.39 is 0 Å². The van der Waals surface area contributed by atoms with Crippen molar-refractivity contribution in [3.05, 3.63) is 52.5 Å². The zero-order valence-corrected chi connectivity index (χ0v) is 16.8. The second-order valence-corrected chi connectivity index (χ2v) is 7.52. The number of halogens is 2. The van der Waals surface area contributed by atoms with Crippen LogP contribution in [0.2, 0.25) is 10.0 Å². The molecule has 1 amide bonds. The molecular formula is C20H22Cl2N2O3. The highest BCUT2D eigenvalue weighted by Gasteiger charge is 2.22. The quantitative estimate of drug-likeness (QED) is 0.783. The number of hydrogen-bond donors (Lipinski definition) is 1. The molecule has 144 valence electrons. The minimum atomic E-state index is -0.257. The number of carbonyl (C=O) groups is 1. The Balaban J connectivity index is 1.54. The van der Waals surface area contributed by atoms with E-state index in [2.05, 4.69) is 24.1 Å². The Labute approximate surface area is 169 Å². The van der Waals surface area contributed by atoms with Gasteiger partial charge in [-0.15, -0.1) is 0 Å². The first-order valence-corrected chi connectivity index (χ1v) is 9.54. The molecule has 0 bridgehead atoms. The van der Waals surface area contributed by atoms with Crippen molar-refractivity contribution in [3.63, 3.8) is 0 Å². The molecular weight excluding hydrogens is 387 g/mol. The lowest BCUT2D eigenvalue weighted by Crippen LogP contribution is -2.45. The van der Waals surface area contributed by atoms with E-state index in [0.29, 0.717) is 21.5 Å². The van der Waals surface area contributed by atoms with E-state index in [4.69, 9.17) is 32.7 Å². The second kappa shape index (κ2) is 8.83. The van der Waals surface area contributed by atoms with Crippen LogP contribution in [0.15, 0.2) is 42.5 Å². The Morgan fingerprint density at radius 2 is 1.70 bits per heavy atom. The van der Waals surface area contributed by atoms with Gasteiger partial charge in [0.1, 0.15) is 5.75 Å². The van der Waals surface area contributed by atoms with E-state index in [-0.39, 0.29) is 24.7 Å². The summed E-state index contributed by atoms with van der Waals surface area (Å²) < 4.78 is 11.2. The molecule has 1 aliphatic rings. The third-order valence-electron chi connectivity index (χ3n) is 4.14. The van der Waals surface area contributed by atoms with E-state index in [1.54, 1.807) is 18.2 Å². The van der Waals surface area contributed by atoms with Gasteiger partial charge in [0.15, 0.2) is 6.61 Å². The lowest BCUT2D eigenvalue weighted by molar-refractivity contribution is -0.118. The van der Waals surface area contributed by atoms with Crippen molar-refractivity contribution >= 4 is 40.5 Å². The Morgan fingerprint density at radius 3 is 2.30 bits per heavy atom. The van der Waals surface area contributed by atoms with Gasteiger partial charge in [-0.05, 0) is 56.3 Å². The van der Waals surface area contributed by atoms with Crippen LogP contribution in [0.5, 0.6) is 5.75 Å². The molecule has 0 aliphatic carbocycles. The van der Waals surface area contributed by atoms with Gasteiger partial charge in [-0.25, -0.2) is 0 Å². The number of carbonyl (C=O) groups excluding carboxylic acids is 1. The first-order chi connectivity index (χ1) is 12.9. The van der Waals surface area contributed by atoms with E-state index in [9.17, 15) is 4.79 Å². The molecule has 2 unspecified atom stereocenters. The van der Waals surface area contributed by atoms with Crippen molar-refractivity contribution in [2.45, 2.75) is 26.1 Å². The van der Waals surface area contributed by atoms with Crippen molar-refractivity contribution in [1.82, 2.24) is 0 Å². The fourth-order valence-corrected chi connectivity index (χ4v) is 3.61. The summed E-state index contributed by atoms with van der Waals surface area (Å²) in [6.45, 7) is 5.73. The number of nitrogens with one attached hydrogen (secondary N) is 1. The molecule has 1 heterocycles. The van der Waals surface area contributed by atoms with Crippen LogP contribution in [-0.4, -0.2) is 37.8 Å². The average Bonchev–Trinajstić information content (AvgIpc) is 2.59. The standard InChI is InChI=1S/C20H22Cl2N2O3/c1-13-10-24(11-14(2)27-13)18-5-3-17(4-6-18)23-20(25)12-26-19-8-15(21)7-16(22)9-19/h3-9,13-14H,10-12H2,1-2H3,(H,23,25). The normalized spacial score (nSPS) is 19.6. The SMILES string of the molecule is CC1CN(c2ccc(NC(=O)COc3cc(Cl)cc(Cl)c3)cc2)CC(C)O1. The van der Waals surface area contributed by atoms with Crippen LogP contribution in [0.25, 0.3) is 0 Å². The first-order valence-electron chi connectivity index (χ1n) is 8.78. The third kappa shape index (κ3) is 5.76. The summed E-state index contributed by atoms with van der Waals surface area (Å²) in [6, 6.07) is 12.6. The van der Waals surface area contributed by atoms with Gasteiger partial charge in [-0.2, -0.15) is 0 Å². The number of morpholine rings is 1. The van der Waals surface area contributed by atoms with Crippen LogP contribution in [-0.2, 0) is 9.53 Å². The van der Waals surface area contributed by atoms with Crippen molar-refractivity contribution in [1.29, 1.82) is 0 Å². The van der Waals surface area contributed by atoms with Gasteiger partial charge in [0.2, 0.25) is 0 Å². The predicted octanol–water partition coefficient (Wildman–Crippen LogP) is 4.62. The van der Waals surface area contributed by atoms with Gasteiger partial charge in [0.05, 0.1) is 12.2 Å². The molecule has 1 saturated heterocycles. The predicted molar refractivity (Wildman–Crippen MR) is 109 cm³/mol. The average molecular weight is 409 g/mol. The van der Waals surface area contributed by atoms with Crippen molar-refractivity contribution < 1.29 is 14.3 Å². The fourth-order valence-electron chi connectivity index (χ4n) is 3.10. The highest BCUT2D eigenvalue weighted by Crippen LogP contribution is 2.25. The number of hydrogen-bond acceptors (Lipinski definition) is 4. The Kier molecular flexibility index (Phi) is 6.47. The molecule has 27 heavy (non-hydrogen) atoms. The topological polar surface area (TPSA) is 50.8 Å². The molecule has 0 aromatic heterocycles. The summed E-state index contributed by atoms with van der Waals surface area (Å²) >= 11 is 11.8. The summed E-state index contributed by atoms with van der Waals surface area (Å²) in [7, 11) is 0. The van der Waals surface area contributed by atoms with Gasteiger partial charge >= 0.3 is 0 Å². The van der Waals surface area contributed by atoms with E-state index in [0.717, 1.165) is 18.8 Å². The highest BCUT2D eigenvalue weighted by molar-refractivity contribution is 6.34. The van der Waals surface area contributed by atoms with E-state index in [1.165, 1.54) is 0 Å². The Hall–Kier alpha value is -1.95. The molecule has 2 aromatic carbocycles. The van der Waals surface area contributed by atoms with Gasteiger partial charge in [-0.1, -0.05) is 23.2 Å². The molecule has 2 aromatic rings. The van der Waals surface area contributed by atoms with Crippen LogP contribution in [0, 0.1) is 0 Å². The first kappa shape index (κ1) is 19.8. The molecule has 1 fully saturated rings. The minimum Gasteiger partial charge on any atom is -0.484 e. The smallest absolute Gasteiger partial charge is 0.262 e. The van der Waals surface area contributed by atoms with Crippen molar-refractivity contribution in [3.8, 4) is 5.75 Å². The summed E-state index contributed by atoms with van der Waals surface area (Å²) in [5, 5.41) is 3.73.